The Bertz CT molecular complexity index is 993. The Balaban J connectivity index is 1.41. The highest BCUT2D eigenvalue weighted by atomic mass is 16.2. The van der Waals surface area contributed by atoms with E-state index in [0.717, 1.165) is 56.8 Å². The fourth-order valence-corrected chi connectivity index (χ4v) is 5.59. The molecule has 4 rings (SSSR count). The summed E-state index contributed by atoms with van der Waals surface area (Å²) in [6.07, 6.45) is 6.26. The minimum absolute atomic E-state index is 0.00740. The Morgan fingerprint density at radius 2 is 2.06 bits per heavy atom. The number of hydrogen-bond donors (Lipinski definition) is 1. The zero-order valence-corrected chi connectivity index (χ0v) is 20.4. The van der Waals surface area contributed by atoms with E-state index >= 15 is 0 Å². The third kappa shape index (κ3) is 5.04. The largest absolute Gasteiger partial charge is 0.358 e. The summed E-state index contributed by atoms with van der Waals surface area (Å²) in [4.78, 5) is 32.9. The minimum atomic E-state index is -0.274. The number of piperidine rings is 1. The number of hydrogen-bond acceptors (Lipinski definition) is 5. The van der Waals surface area contributed by atoms with Crippen molar-refractivity contribution < 1.29 is 9.59 Å². The Morgan fingerprint density at radius 3 is 2.70 bits per heavy atom. The lowest BCUT2D eigenvalue weighted by atomic mass is 9.87. The number of likely N-dealkylation sites (tertiary alicyclic amines) is 1. The lowest BCUT2D eigenvalue weighted by molar-refractivity contribution is -0.127. The number of nitrogens with zero attached hydrogens (tertiary/aromatic N) is 4. The van der Waals surface area contributed by atoms with Crippen molar-refractivity contribution in [3.05, 3.63) is 52.6 Å². The lowest BCUT2D eigenvalue weighted by Gasteiger charge is -2.32. The molecule has 33 heavy (non-hydrogen) atoms. The third-order valence-corrected chi connectivity index (χ3v) is 7.49. The minimum Gasteiger partial charge on any atom is -0.358 e. The fourth-order valence-electron chi connectivity index (χ4n) is 5.59. The summed E-state index contributed by atoms with van der Waals surface area (Å²) in [6, 6.07) is 6.82. The van der Waals surface area contributed by atoms with E-state index in [0.29, 0.717) is 18.8 Å². The number of likely N-dealkylation sites (N-methyl/N-ethyl adjacent to an activating group) is 1. The number of aromatic nitrogens is 2. The highest BCUT2D eigenvalue weighted by Gasteiger charge is 2.35. The van der Waals surface area contributed by atoms with E-state index in [-0.39, 0.29) is 18.0 Å². The van der Waals surface area contributed by atoms with Gasteiger partial charge in [-0.1, -0.05) is 18.2 Å². The van der Waals surface area contributed by atoms with E-state index in [1.54, 1.807) is 7.05 Å². The van der Waals surface area contributed by atoms with Crippen LogP contribution in [0.5, 0.6) is 0 Å². The van der Waals surface area contributed by atoms with Crippen LogP contribution in [-0.4, -0.2) is 57.7 Å². The van der Waals surface area contributed by atoms with Gasteiger partial charge in [0.2, 0.25) is 5.91 Å². The molecular formula is C26H37N5O2. The summed E-state index contributed by atoms with van der Waals surface area (Å²) in [5.41, 5.74) is 5.13. The van der Waals surface area contributed by atoms with Crippen LogP contribution in [0.3, 0.4) is 0 Å². The van der Waals surface area contributed by atoms with Gasteiger partial charge >= 0.3 is 0 Å². The molecule has 0 aliphatic carbocycles. The highest BCUT2D eigenvalue weighted by Crippen LogP contribution is 2.38. The molecular weight excluding hydrogens is 414 g/mol. The Labute approximate surface area is 197 Å². The summed E-state index contributed by atoms with van der Waals surface area (Å²) in [5, 5.41) is 2.78. The summed E-state index contributed by atoms with van der Waals surface area (Å²) < 4.78 is 2.13. The van der Waals surface area contributed by atoms with Crippen molar-refractivity contribution in [1.29, 1.82) is 0 Å². The van der Waals surface area contributed by atoms with Crippen molar-refractivity contribution in [2.45, 2.75) is 70.6 Å². The first-order valence-electron chi connectivity index (χ1n) is 12.2. The van der Waals surface area contributed by atoms with Gasteiger partial charge in [0.25, 0.3) is 0 Å². The molecule has 1 aromatic carbocycles. The number of carbonyl (C=O) groups is 2. The number of rotatable bonds is 8. The summed E-state index contributed by atoms with van der Waals surface area (Å²) in [6.45, 7) is 8.06. The van der Waals surface area contributed by atoms with Gasteiger partial charge in [0.05, 0.1) is 18.3 Å². The van der Waals surface area contributed by atoms with E-state index in [1.165, 1.54) is 16.7 Å². The van der Waals surface area contributed by atoms with Crippen LogP contribution < -0.4 is 5.32 Å². The fraction of sp³-hybridized carbons (Fsp3) is 0.577. The molecule has 0 bridgehead atoms. The number of carbonyl (C=O) groups excluding carboxylic acids is 2. The molecule has 7 heteroatoms. The van der Waals surface area contributed by atoms with E-state index < -0.39 is 0 Å². The van der Waals surface area contributed by atoms with Gasteiger partial charge in [0.1, 0.15) is 12.1 Å². The zero-order chi connectivity index (χ0) is 23.5. The monoisotopic (exact) mass is 451 g/mol. The first kappa shape index (κ1) is 23.6. The second-order valence-electron chi connectivity index (χ2n) is 9.64. The number of amides is 1. The number of fused-ring (bicyclic) bond motifs is 1. The van der Waals surface area contributed by atoms with Crippen LogP contribution in [0.1, 0.15) is 72.8 Å². The SMILES string of the molecule is CNC(=O)C(CCC=O)N1Cc2cc(C3CCN(Cc4nc(C)cn4C)CC3)ccc2C1C. The molecule has 1 saturated heterocycles. The van der Waals surface area contributed by atoms with E-state index in [9.17, 15) is 9.59 Å². The lowest BCUT2D eigenvalue weighted by Crippen LogP contribution is -2.44. The standard InChI is InChI=1S/C26H37N5O2/c1-18-15-29(4)25(28-18)17-30-11-9-20(10-12-30)21-7-8-23-19(2)31(16-22(23)14-21)24(6-5-13-32)26(33)27-3/h7-8,13-15,19-20,24H,5-6,9-12,16-17H2,1-4H3,(H,27,33). The van der Waals surface area contributed by atoms with Crippen LogP contribution in [-0.2, 0) is 29.7 Å². The smallest absolute Gasteiger partial charge is 0.237 e. The predicted molar refractivity (Wildman–Crippen MR) is 129 cm³/mol. The number of nitrogens with one attached hydrogen (secondary N) is 1. The van der Waals surface area contributed by atoms with Gasteiger partial charge in [0.15, 0.2) is 0 Å². The molecule has 1 amide bonds. The molecule has 0 radical (unpaired) electrons. The van der Waals surface area contributed by atoms with Crippen LogP contribution in [0.2, 0.25) is 0 Å². The van der Waals surface area contributed by atoms with Crippen molar-refractivity contribution in [3.63, 3.8) is 0 Å². The van der Waals surface area contributed by atoms with Gasteiger partial charge in [0, 0.05) is 39.3 Å². The number of aldehydes is 1. The summed E-state index contributed by atoms with van der Waals surface area (Å²) in [5.74, 6) is 1.70. The van der Waals surface area contributed by atoms with Gasteiger partial charge in [-0.05, 0) is 68.8 Å². The van der Waals surface area contributed by atoms with Crippen molar-refractivity contribution >= 4 is 12.2 Å². The van der Waals surface area contributed by atoms with Crippen molar-refractivity contribution in [2.75, 3.05) is 20.1 Å². The molecule has 7 nitrogen and oxygen atoms in total. The molecule has 0 saturated carbocycles. The maximum absolute atomic E-state index is 12.5. The van der Waals surface area contributed by atoms with Crippen LogP contribution in [0.25, 0.3) is 0 Å². The van der Waals surface area contributed by atoms with Gasteiger partial charge in [-0.25, -0.2) is 4.98 Å². The summed E-state index contributed by atoms with van der Waals surface area (Å²) >= 11 is 0. The Morgan fingerprint density at radius 1 is 1.30 bits per heavy atom. The molecule has 2 atom stereocenters. The first-order valence-corrected chi connectivity index (χ1v) is 12.2. The van der Waals surface area contributed by atoms with Crippen LogP contribution in [0.15, 0.2) is 24.4 Å². The van der Waals surface area contributed by atoms with E-state index in [2.05, 4.69) is 63.0 Å². The maximum atomic E-state index is 12.5. The van der Waals surface area contributed by atoms with Gasteiger partial charge < -0.3 is 14.7 Å². The van der Waals surface area contributed by atoms with E-state index in [4.69, 9.17) is 0 Å². The molecule has 3 heterocycles. The quantitative estimate of drug-likeness (QED) is 0.625. The van der Waals surface area contributed by atoms with Gasteiger partial charge in [-0.3, -0.25) is 14.6 Å². The van der Waals surface area contributed by atoms with Crippen molar-refractivity contribution in [3.8, 4) is 0 Å². The van der Waals surface area contributed by atoms with Crippen LogP contribution in [0.4, 0.5) is 0 Å². The average molecular weight is 452 g/mol. The molecule has 2 unspecified atom stereocenters. The molecule has 1 aromatic heterocycles. The Hall–Kier alpha value is -2.51. The highest BCUT2D eigenvalue weighted by molar-refractivity contribution is 5.82. The topological polar surface area (TPSA) is 70.5 Å². The normalized spacial score (nSPS) is 20.5. The average Bonchev–Trinajstić information content (AvgIpc) is 3.31. The zero-order valence-electron chi connectivity index (χ0n) is 20.4. The number of benzene rings is 1. The Kier molecular flexibility index (Phi) is 7.29. The van der Waals surface area contributed by atoms with Gasteiger partial charge in [-0.2, -0.15) is 0 Å². The molecule has 178 valence electrons. The number of imidazole rings is 1. The molecule has 2 aliphatic heterocycles. The molecule has 0 spiro atoms. The predicted octanol–water partition coefficient (Wildman–Crippen LogP) is 3.08. The second-order valence-corrected chi connectivity index (χ2v) is 9.64. The van der Waals surface area contributed by atoms with Gasteiger partial charge in [-0.15, -0.1) is 0 Å². The number of aryl methyl sites for hydroxylation is 2. The molecule has 2 aromatic rings. The first-order chi connectivity index (χ1) is 15.9. The third-order valence-electron chi connectivity index (χ3n) is 7.49. The van der Waals surface area contributed by atoms with Crippen molar-refractivity contribution in [2.24, 2.45) is 7.05 Å². The molecule has 2 aliphatic rings. The van der Waals surface area contributed by atoms with E-state index in [1.807, 2.05) is 6.92 Å². The summed E-state index contributed by atoms with van der Waals surface area (Å²) in [7, 11) is 3.74. The van der Waals surface area contributed by atoms with Crippen molar-refractivity contribution in [1.82, 2.24) is 24.7 Å². The molecule has 1 N–H and O–H groups in total. The second kappa shape index (κ2) is 10.2. The van der Waals surface area contributed by atoms with Crippen LogP contribution in [0, 0.1) is 6.92 Å². The maximum Gasteiger partial charge on any atom is 0.237 e. The molecule has 1 fully saturated rings. The van der Waals surface area contributed by atoms with Crippen LogP contribution >= 0.6 is 0 Å².